The Morgan fingerprint density at radius 1 is 0.714 bits per heavy atom. The molecule has 0 saturated carbocycles. The van der Waals surface area contributed by atoms with Gasteiger partial charge in [0, 0.05) is 0 Å². The first kappa shape index (κ1) is 22.1. The highest BCUT2D eigenvalue weighted by atomic mass is 16.5. The third-order valence-electron chi connectivity index (χ3n) is 5.88. The Labute approximate surface area is 202 Å². The second kappa shape index (κ2) is 9.27. The van der Waals surface area contributed by atoms with E-state index < -0.39 is 23.9 Å². The maximum Gasteiger partial charge on any atom is 0.339 e. The maximum atomic E-state index is 13.2. The molecular weight excluding hydrogens is 442 g/mol. The molecule has 0 unspecified atom stereocenters. The highest BCUT2D eigenvalue weighted by molar-refractivity contribution is 6.34. The van der Waals surface area contributed by atoms with E-state index in [0.29, 0.717) is 11.4 Å². The summed E-state index contributed by atoms with van der Waals surface area (Å²) in [6.07, 6.45) is -0.619. The molecule has 0 spiro atoms. The molecule has 0 N–H and O–H groups in total. The number of fused-ring (bicyclic) bond motifs is 1. The predicted molar refractivity (Wildman–Crippen MR) is 131 cm³/mol. The number of hydrogen-bond acceptors (Lipinski definition) is 5. The minimum Gasteiger partial charge on any atom is -0.497 e. The first-order valence-electron chi connectivity index (χ1n) is 11.0. The number of carbonyl (C=O) groups excluding carboxylic acids is 3. The Morgan fingerprint density at radius 2 is 1.29 bits per heavy atom. The average molecular weight is 463 g/mol. The van der Waals surface area contributed by atoms with E-state index in [-0.39, 0.29) is 16.7 Å². The summed E-state index contributed by atoms with van der Waals surface area (Å²) < 4.78 is 11.1. The maximum absolute atomic E-state index is 13.2. The third-order valence-corrected chi connectivity index (χ3v) is 5.88. The normalized spacial score (nSPS) is 12.6. The van der Waals surface area contributed by atoms with Crippen molar-refractivity contribution in [3.05, 3.63) is 131 Å². The minimum atomic E-state index is -0.619. The number of rotatable bonds is 6. The van der Waals surface area contributed by atoms with E-state index in [9.17, 15) is 14.4 Å². The SMILES string of the molecule is COc1ccc(N2C(=O)c3ccc(C(=O)OC(c4ccccc4)c4ccccc4)cc3C2=O)cc1. The molecule has 1 aliphatic heterocycles. The van der Waals surface area contributed by atoms with E-state index in [1.54, 1.807) is 24.3 Å². The summed E-state index contributed by atoms with van der Waals surface area (Å²) in [5.41, 5.74) is 2.67. The van der Waals surface area contributed by atoms with Crippen LogP contribution in [0.3, 0.4) is 0 Å². The molecule has 35 heavy (non-hydrogen) atoms. The van der Waals surface area contributed by atoms with Gasteiger partial charge in [0.1, 0.15) is 5.75 Å². The average Bonchev–Trinajstić information content (AvgIpc) is 3.17. The van der Waals surface area contributed by atoms with Gasteiger partial charge in [0.05, 0.1) is 29.5 Å². The number of anilines is 1. The molecule has 0 fully saturated rings. The van der Waals surface area contributed by atoms with Gasteiger partial charge in [0.2, 0.25) is 0 Å². The van der Waals surface area contributed by atoms with E-state index in [4.69, 9.17) is 9.47 Å². The van der Waals surface area contributed by atoms with Gasteiger partial charge < -0.3 is 9.47 Å². The largest absolute Gasteiger partial charge is 0.497 e. The minimum absolute atomic E-state index is 0.163. The summed E-state index contributed by atoms with van der Waals surface area (Å²) in [5.74, 6) is -0.913. The van der Waals surface area contributed by atoms with Crippen LogP contribution in [0, 0.1) is 0 Å². The van der Waals surface area contributed by atoms with Crippen molar-refractivity contribution < 1.29 is 23.9 Å². The molecule has 0 atom stereocenters. The lowest BCUT2D eigenvalue weighted by Crippen LogP contribution is -2.29. The summed E-state index contributed by atoms with van der Waals surface area (Å²) in [7, 11) is 1.54. The Bertz CT molecular complexity index is 1360. The van der Waals surface area contributed by atoms with E-state index in [1.807, 2.05) is 60.7 Å². The molecule has 2 amide bonds. The van der Waals surface area contributed by atoms with Gasteiger partial charge in [-0.15, -0.1) is 0 Å². The van der Waals surface area contributed by atoms with Gasteiger partial charge in [-0.2, -0.15) is 0 Å². The van der Waals surface area contributed by atoms with Crippen LogP contribution in [-0.4, -0.2) is 24.9 Å². The zero-order valence-corrected chi connectivity index (χ0v) is 18.9. The van der Waals surface area contributed by atoms with Crippen LogP contribution in [-0.2, 0) is 4.74 Å². The predicted octanol–water partition coefficient (Wildman–Crippen LogP) is 5.44. The third kappa shape index (κ3) is 4.17. The molecule has 0 bridgehead atoms. The molecule has 0 aromatic heterocycles. The fourth-order valence-electron chi connectivity index (χ4n) is 4.09. The van der Waals surface area contributed by atoms with Crippen LogP contribution in [0.5, 0.6) is 5.75 Å². The molecule has 4 aromatic carbocycles. The van der Waals surface area contributed by atoms with Gasteiger partial charge in [-0.1, -0.05) is 60.7 Å². The van der Waals surface area contributed by atoms with Gasteiger partial charge in [-0.05, 0) is 53.6 Å². The summed E-state index contributed by atoms with van der Waals surface area (Å²) >= 11 is 0. The van der Waals surface area contributed by atoms with Crippen molar-refractivity contribution in [3.63, 3.8) is 0 Å². The van der Waals surface area contributed by atoms with Crippen LogP contribution < -0.4 is 9.64 Å². The number of methoxy groups -OCH3 is 1. The summed E-state index contributed by atoms with van der Waals surface area (Å²) in [6, 6.07) is 29.9. The lowest BCUT2D eigenvalue weighted by atomic mass is 10.0. The molecular formula is C29H21NO5. The molecule has 0 saturated heterocycles. The van der Waals surface area contributed by atoms with Crippen LogP contribution in [0.1, 0.15) is 48.3 Å². The van der Waals surface area contributed by atoms with Crippen molar-refractivity contribution in [3.8, 4) is 5.75 Å². The summed E-state index contributed by atoms with van der Waals surface area (Å²) in [6.45, 7) is 0. The smallest absolute Gasteiger partial charge is 0.339 e. The first-order valence-corrected chi connectivity index (χ1v) is 11.0. The van der Waals surface area contributed by atoms with E-state index >= 15 is 0 Å². The Morgan fingerprint density at radius 3 is 1.86 bits per heavy atom. The van der Waals surface area contributed by atoms with E-state index in [0.717, 1.165) is 16.0 Å². The van der Waals surface area contributed by atoms with Crippen molar-refractivity contribution in [1.29, 1.82) is 0 Å². The molecule has 0 aliphatic carbocycles. The number of benzene rings is 4. The Balaban J connectivity index is 1.43. The van der Waals surface area contributed by atoms with E-state index in [1.165, 1.54) is 25.3 Å². The summed E-state index contributed by atoms with van der Waals surface area (Å²) in [4.78, 5) is 40.3. The topological polar surface area (TPSA) is 72.9 Å². The first-order chi connectivity index (χ1) is 17.1. The van der Waals surface area contributed by atoms with Crippen LogP contribution in [0.25, 0.3) is 0 Å². The second-order valence-corrected chi connectivity index (χ2v) is 8.01. The molecule has 1 heterocycles. The van der Waals surface area contributed by atoms with Gasteiger partial charge in [-0.3, -0.25) is 9.59 Å². The zero-order chi connectivity index (χ0) is 24.4. The molecule has 172 valence electrons. The quantitative estimate of drug-likeness (QED) is 0.281. The van der Waals surface area contributed by atoms with Crippen LogP contribution in [0.2, 0.25) is 0 Å². The van der Waals surface area contributed by atoms with E-state index in [2.05, 4.69) is 0 Å². The molecule has 4 aromatic rings. The number of hydrogen-bond donors (Lipinski definition) is 0. The van der Waals surface area contributed by atoms with Crippen LogP contribution in [0.15, 0.2) is 103 Å². The van der Waals surface area contributed by atoms with Crippen molar-refractivity contribution >= 4 is 23.5 Å². The number of ether oxygens (including phenoxy) is 2. The second-order valence-electron chi connectivity index (χ2n) is 8.01. The van der Waals surface area contributed by atoms with Gasteiger partial charge in [0.25, 0.3) is 11.8 Å². The van der Waals surface area contributed by atoms with Crippen molar-refractivity contribution in [1.82, 2.24) is 0 Å². The zero-order valence-electron chi connectivity index (χ0n) is 18.9. The fraction of sp³-hybridized carbons (Fsp3) is 0.0690. The highest BCUT2D eigenvalue weighted by Crippen LogP contribution is 2.32. The van der Waals surface area contributed by atoms with Crippen molar-refractivity contribution in [2.24, 2.45) is 0 Å². The van der Waals surface area contributed by atoms with Crippen LogP contribution in [0.4, 0.5) is 5.69 Å². The number of nitrogens with zero attached hydrogens (tertiary/aromatic N) is 1. The highest BCUT2D eigenvalue weighted by Gasteiger charge is 2.37. The fourth-order valence-corrected chi connectivity index (χ4v) is 4.09. The molecule has 5 rings (SSSR count). The van der Waals surface area contributed by atoms with Gasteiger partial charge in [-0.25, -0.2) is 9.69 Å². The lowest BCUT2D eigenvalue weighted by Gasteiger charge is -2.19. The molecule has 6 nitrogen and oxygen atoms in total. The summed E-state index contributed by atoms with van der Waals surface area (Å²) in [5, 5.41) is 0. The van der Waals surface area contributed by atoms with Gasteiger partial charge >= 0.3 is 5.97 Å². The van der Waals surface area contributed by atoms with Crippen molar-refractivity contribution in [2.45, 2.75) is 6.10 Å². The monoisotopic (exact) mass is 463 g/mol. The van der Waals surface area contributed by atoms with Crippen LogP contribution >= 0.6 is 0 Å². The number of esters is 1. The Kier molecular flexibility index (Phi) is 5.85. The lowest BCUT2D eigenvalue weighted by molar-refractivity contribution is 0.0378. The van der Waals surface area contributed by atoms with Gasteiger partial charge in [0.15, 0.2) is 6.10 Å². The number of imide groups is 1. The number of amides is 2. The standard InChI is InChI=1S/C29H21NO5/c1-34-23-15-13-22(14-16-23)30-27(31)24-17-12-21(18-25(24)28(30)32)29(33)35-26(19-8-4-2-5-9-19)20-10-6-3-7-11-20/h2-18,26H,1H3. The Hall–Kier alpha value is -4.71. The molecule has 6 heteroatoms. The number of carbonyl (C=O) groups is 3. The van der Waals surface area contributed by atoms with Crippen molar-refractivity contribution in [2.75, 3.05) is 12.0 Å². The molecule has 0 radical (unpaired) electrons. The molecule has 1 aliphatic rings.